The van der Waals surface area contributed by atoms with Gasteiger partial charge in [0.2, 0.25) is 0 Å². The number of fused-ring (bicyclic) bond motifs is 1. The normalized spacial score (nSPS) is 18.2. The average Bonchev–Trinajstić information content (AvgIpc) is 2.88. The van der Waals surface area contributed by atoms with Crippen LogP contribution in [0.15, 0.2) is 28.4 Å². The Balaban J connectivity index is 1.89. The van der Waals surface area contributed by atoms with Gasteiger partial charge in [-0.2, -0.15) is 5.10 Å². The Morgan fingerprint density at radius 1 is 1.47 bits per heavy atom. The van der Waals surface area contributed by atoms with Crippen molar-refractivity contribution in [2.45, 2.75) is 19.4 Å². The van der Waals surface area contributed by atoms with Crippen molar-refractivity contribution in [3.05, 3.63) is 50.1 Å². The van der Waals surface area contributed by atoms with Crippen LogP contribution in [0.25, 0.3) is 0 Å². The first-order valence-electron chi connectivity index (χ1n) is 6.10. The van der Waals surface area contributed by atoms with Gasteiger partial charge in [-0.05, 0) is 36.4 Å². The number of H-pyrrole nitrogens is 1. The zero-order valence-electron chi connectivity index (χ0n) is 10.4. The number of hydrogen-bond acceptors (Lipinski definition) is 4. The predicted molar refractivity (Wildman–Crippen MR) is 72.3 cm³/mol. The van der Waals surface area contributed by atoms with Crippen molar-refractivity contribution in [1.29, 1.82) is 0 Å². The van der Waals surface area contributed by atoms with E-state index >= 15 is 0 Å². The number of carbonyl (C=O) groups excluding carboxylic acids is 1. The van der Waals surface area contributed by atoms with E-state index in [1.54, 1.807) is 16.2 Å². The molecule has 5 nitrogen and oxygen atoms in total. The zero-order valence-corrected chi connectivity index (χ0v) is 11.2. The van der Waals surface area contributed by atoms with Crippen LogP contribution in [0.4, 0.5) is 0 Å². The lowest BCUT2D eigenvalue weighted by molar-refractivity contribution is 0.0672. The Hall–Kier alpha value is -1.95. The van der Waals surface area contributed by atoms with Gasteiger partial charge in [-0.3, -0.25) is 9.59 Å². The largest absolute Gasteiger partial charge is 0.330 e. The lowest BCUT2D eigenvalue weighted by Gasteiger charge is -2.33. The maximum absolute atomic E-state index is 12.4. The number of thiophene rings is 1. The number of aromatic nitrogens is 2. The van der Waals surface area contributed by atoms with Gasteiger partial charge in [0.25, 0.3) is 11.5 Å². The molecular formula is C13H13N3O2S. The van der Waals surface area contributed by atoms with Crippen molar-refractivity contribution >= 4 is 17.2 Å². The standard InChI is InChI=1S/C13H13N3O2S/c1-8-9-5-7-19-11(9)4-6-16(8)13(18)10-2-3-12(17)15-14-10/h2-3,5,7-8H,4,6H2,1H3,(H,15,17). The molecule has 2 aromatic rings. The van der Waals surface area contributed by atoms with Crippen LogP contribution in [0.2, 0.25) is 0 Å². The SMILES string of the molecule is CC1c2ccsc2CCN1C(=O)c1ccc(=O)[nH]n1. The van der Waals surface area contributed by atoms with Crippen LogP contribution in [-0.2, 0) is 6.42 Å². The first-order valence-corrected chi connectivity index (χ1v) is 6.98. The van der Waals surface area contributed by atoms with Crippen molar-refractivity contribution in [3.8, 4) is 0 Å². The summed E-state index contributed by atoms with van der Waals surface area (Å²) in [5.74, 6) is -0.138. The monoisotopic (exact) mass is 275 g/mol. The molecule has 1 unspecified atom stereocenters. The van der Waals surface area contributed by atoms with Gasteiger partial charge in [0.15, 0.2) is 0 Å². The van der Waals surface area contributed by atoms with Gasteiger partial charge in [-0.1, -0.05) is 0 Å². The molecule has 0 fully saturated rings. The van der Waals surface area contributed by atoms with Crippen LogP contribution in [0.3, 0.4) is 0 Å². The van der Waals surface area contributed by atoms with E-state index in [9.17, 15) is 9.59 Å². The molecule has 1 amide bonds. The number of hydrogen-bond donors (Lipinski definition) is 1. The fraction of sp³-hybridized carbons (Fsp3) is 0.308. The van der Waals surface area contributed by atoms with Crippen molar-refractivity contribution in [3.63, 3.8) is 0 Å². The summed E-state index contributed by atoms with van der Waals surface area (Å²) >= 11 is 1.74. The second-order valence-electron chi connectivity index (χ2n) is 4.53. The van der Waals surface area contributed by atoms with E-state index in [0.717, 1.165) is 6.42 Å². The fourth-order valence-corrected chi connectivity index (χ4v) is 3.36. The molecule has 0 saturated carbocycles. The molecule has 0 bridgehead atoms. The molecule has 3 heterocycles. The van der Waals surface area contributed by atoms with Crippen molar-refractivity contribution < 1.29 is 4.79 Å². The molecule has 1 atom stereocenters. The molecule has 98 valence electrons. The minimum Gasteiger partial charge on any atom is -0.330 e. The number of amides is 1. The highest BCUT2D eigenvalue weighted by Crippen LogP contribution is 2.33. The first-order chi connectivity index (χ1) is 9.16. The van der Waals surface area contributed by atoms with Gasteiger partial charge in [0.1, 0.15) is 5.69 Å². The zero-order chi connectivity index (χ0) is 13.4. The molecule has 1 N–H and O–H groups in total. The topological polar surface area (TPSA) is 66.1 Å². The molecule has 0 aromatic carbocycles. The van der Waals surface area contributed by atoms with Gasteiger partial charge in [0, 0.05) is 17.5 Å². The third-order valence-corrected chi connectivity index (χ3v) is 4.43. The van der Waals surface area contributed by atoms with E-state index in [4.69, 9.17) is 0 Å². The van der Waals surface area contributed by atoms with Crippen molar-refractivity contribution in [1.82, 2.24) is 15.1 Å². The molecule has 0 spiro atoms. The Bertz CT molecular complexity index is 656. The minimum absolute atomic E-state index is 0.0521. The van der Waals surface area contributed by atoms with Gasteiger partial charge in [-0.15, -0.1) is 11.3 Å². The van der Waals surface area contributed by atoms with Crippen molar-refractivity contribution in [2.75, 3.05) is 6.54 Å². The van der Waals surface area contributed by atoms with E-state index in [-0.39, 0.29) is 23.2 Å². The number of aromatic amines is 1. The van der Waals surface area contributed by atoms with Crippen LogP contribution in [0.1, 0.15) is 33.9 Å². The van der Waals surface area contributed by atoms with E-state index in [1.165, 1.54) is 22.6 Å². The third kappa shape index (κ3) is 2.08. The quantitative estimate of drug-likeness (QED) is 0.859. The Morgan fingerprint density at radius 3 is 3.05 bits per heavy atom. The number of nitrogens with zero attached hydrogens (tertiary/aromatic N) is 2. The van der Waals surface area contributed by atoms with Crippen LogP contribution in [0, 0.1) is 0 Å². The summed E-state index contributed by atoms with van der Waals surface area (Å²) in [5.41, 5.74) is 1.20. The van der Waals surface area contributed by atoms with E-state index in [0.29, 0.717) is 6.54 Å². The highest BCUT2D eigenvalue weighted by Gasteiger charge is 2.29. The maximum atomic E-state index is 12.4. The predicted octanol–water partition coefficient (Wildman–Crippen LogP) is 1.59. The highest BCUT2D eigenvalue weighted by atomic mass is 32.1. The first kappa shape index (κ1) is 12.1. The summed E-state index contributed by atoms with van der Waals surface area (Å²) < 4.78 is 0. The number of carbonyl (C=O) groups is 1. The van der Waals surface area contributed by atoms with Crippen LogP contribution < -0.4 is 5.56 Å². The fourth-order valence-electron chi connectivity index (χ4n) is 2.40. The second kappa shape index (κ2) is 4.62. The average molecular weight is 275 g/mol. The van der Waals surface area contributed by atoms with Gasteiger partial charge < -0.3 is 4.90 Å². The van der Waals surface area contributed by atoms with E-state index in [1.807, 2.05) is 6.92 Å². The molecule has 3 rings (SSSR count). The lowest BCUT2D eigenvalue weighted by Crippen LogP contribution is -2.39. The molecule has 1 aliphatic heterocycles. The second-order valence-corrected chi connectivity index (χ2v) is 5.53. The maximum Gasteiger partial charge on any atom is 0.274 e. The number of nitrogens with one attached hydrogen (secondary N) is 1. The highest BCUT2D eigenvalue weighted by molar-refractivity contribution is 7.10. The van der Waals surface area contributed by atoms with Crippen molar-refractivity contribution in [2.24, 2.45) is 0 Å². The van der Waals surface area contributed by atoms with Gasteiger partial charge >= 0.3 is 0 Å². The molecular weight excluding hydrogens is 262 g/mol. The summed E-state index contributed by atoms with van der Waals surface area (Å²) in [7, 11) is 0. The lowest BCUT2D eigenvalue weighted by atomic mass is 10.0. The Kier molecular flexibility index (Phi) is 2.94. The summed E-state index contributed by atoms with van der Waals surface area (Å²) in [4.78, 5) is 26.5. The molecule has 19 heavy (non-hydrogen) atoms. The molecule has 0 saturated heterocycles. The molecule has 0 radical (unpaired) electrons. The molecule has 2 aromatic heterocycles. The summed E-state index contributed by atoms with van der Waals surface area (Å²) in [5, 5.41) is 8.17. The van der Waals surface area contributed by atoms with E-state index in [2.05, 4.69) is 21.6 Å². The molecule has 6 heteroatoms. The Morgan fingerprint density at radius 2 is 2.32 bits per heavy atom. The molecule has 0 aliphatic carbocycles. The minimum atomic E-state index is -0.302. The van der Waals surface area contributed by atoms with Gasteiger partial charge in [-0.25, -0.2) is 5.10 Å². The van der Waals surface area contributed by atoms with Crippen LogP contribution in [0.5, 0.6) is 0 Å². The Labute approximate surface area is 113 Å². The van der Waals surface area contributed by atoms with Gasteiger partial charge in [0.05, 0.1) is 6.04 Å². The van der Waals surface area contributed by atoms with E-state index < -0.39 is 0 Å². The summed E-state index contributed by atoms with van der Waals surface area (Å²) in [6.45, 7) is 2.71. The number of rotatable bonds is 1. The third-order valence-electron chi connectivity index (χ3n) is 3.44. The van der Waals surface area contributed by atoms with Crippen LogP contribution in [-0.4, -0.2) is 27.5 Å². The summed E-state index contributed by atoms with van der Waals surface area (Å²) in [6.07, 6.45) is 0.881. The molecule has 1 aliphatic rings. The van der Waals surface area contributed by atoms with Crippen LogP contribution >= 0.6 is 11.3 Å². The smallest absolute Gasteiger partial charge is 0.274 e. The summed E-state index contributed by atoms with van der Waals surface area (Å²) in [6, 6.07) is 4.92.